The Balaban J connectivity index is 2.62. The summed E-state index contributed by atoms with van der Waals surface area (Å²) in [6, 6.07) is 6.69. The maximum absolute atomic E-state index is 11.9. The first-order valence-corrected chi connectivity index (χ1v) is 7.17. The molecule has 2 atom stereocenters. The zero-order chi connectivity index (χ0) is 16.0. The topological polar surface area (TPSA) is 92.4 Å². The molecule has 0 aliphatic rings. The van der Waals surface area contributed by atoms with Crippen LogP contribution in [-0.4, -0.2) is 23.0 Å². The number of rotatable bonds is 7. The zero-order valence-electron chi connectivity index (χ0n) is 12.8. The second kappa shape index (κ2) is 7.78. The number of carbonyl (C=O) groups is 2. The van der Waals surface area contributed by atoms with E-state index in [0.717, 1.165) is 5.56 Å². The third kappa shape index (κ3) is 5.95. The summed E-state index contributed by atoms with van der Waals surface area (Å²) in [5.74, 6) is -0.713. The molecule has 0 bridgehead atoms. The average Bonchev–Trinajstić information content (AvgIpc) is 2.37. The minimum atomic E-state index is -0.820. The van der Waals surface area contributed by atoms with Crippen LogP contribution in [0.4, 0.5) is 5.69 Å². The molecule has 1 aromatic rings. The molecule has 4 N–H and O–H groups in total. The smallest absolute Gasteiger partial charge is 0.303 e. The van der Waals surface area contributed by atoms with Crippen LogP contribution in [0, 0.1) is 5.92 Å². The molecule has 0 radical (unpaired) electrons. The fourth-order valence-corrected chi connectivity index (χ4v) is 2.12. The highest BCUT2D eigenvalue weighted by molar-refractivity contribution is 5.94. The van der Waals surface area contributed by atoms with Crippen molar-refractivity contribution in [1.82, 2.24) is 0 Å². The van der Waals surface area contributed by atoms with Crippen molar-refractivity contribution >= 4 is 17.6 Å². The summed E-state index contributed by atoms with van der Waals surface area (Å²) in [7, 11) is 0. The number of nitrogens with two attached hydrogens (primary N) is 1. The van der Waals surface area contributed by atoms with Crippen LogP contribution in [0.3, 0.4) is 0 Å². The maximum atomic E-state index is 11.9. The molecule has 1 rings (SSSR count). The lowest BCUT2D eigenvalue weighted by molar-refractivity contribution is -0.137. The standard InChI is InChI=1S/C16H24N2O3/c1-10(2)8-14(17)16(21)18-13-6-4-12(5-7-13)11(3)9-15(19)20/h4-7,10-11,14H,8-9,17H2,1-3H3,(H,18,21)(H,19,20). The molecule has 0 saturated carbocycles. The Bertz CT molecular complexity index is 483. The quantitative estimate of drug-likeness (QED) is 0.720. The summed E-state index contributed by atoms with van der Waals surface area (Å²) in [5, 5.41) is 11.6. The number of carboxylic acid groups (broad SMARTS) is 1. The molecular weight excluding hydrogens is 268 g/mol. The van der Waals surface area contributed by atoms with Crippen LogP contribution in [-0.2, 0) is 9.59 Å². The largest absolute Gasteiger partial charge is 0.481 e. The van der Waals surface area contributed by atoms with Crippen molar-refractivity contribution in [1.29, 1.82) is 0 Å². The summed E-state index contributed by atoms with van der Waals surface area (Å²) < 4.78 is 0. The van der Waals surface area contributed by atoms with Gasteiger partial charge in [0, 0.05) is 5.69 Å². The summed E-state index contributed by atoms with van der Waals surface area (Å²) in [5.41, 5.74) is 7.43. The fourth-order valence-electron chi connectivity index (χ4n) is 2.12. The number of hydrogen-bond acceptors (Lipinski definition) is 3. The minimum Gasteiger partial charge on any atom is -0.481 e. The van der Waals surface area contributed by atoms with Crippen molar-refractivity contribution in [2.75, 3.05) is 5.32 Å². The molecule has 2 unspecified atom stereocenters. The molecule has 0 aliphatic carbocycles. The van der Waals surface area contributed by atoms with Gasteiger partial charge in [0.15, 0.2) is 0 Å². The van der Waals surface area contributed by atoms with Crippen LogP contribution >= 0.6 is 0 Å². The van der Waals surface area contributed by atoms with E-state index in [2.05, 4.69) is 5.32 Å². The number of hydrogen-bond donors (Lipinski definition) is 3. The molecule has 0 heterocycles. The van der Waals surface area contributed by atoms with Gasteiger partial charge in [0.2, 0.25) is 5.91 Å². The molecular formula is C16H24N2O3. The van der Waals surface area contributed by atoms with E-state index in [1.165, 1.54) is 0 Å². The summed E-state index contributed by atoms with van der Waals surface area (Å²) >= 11 is 0. The molecule has 0 fully saturated rings. The molecule has 5 nitrogen and oxygen atoms in total. The van der Waals surface area contributed by atoms with Gasteiger partial charge >= 0.3 is 5.97 Å². The van der Waals surface area contributed by atoms with E-state index in [-0.39, 0.29) is 18.2 Å². The first kappa shape index (κ1) is 17.2. The van der Waals surface area contributed by atoms with Gasteiger partial charge in [-0.1, -0.05) is 32.9 Å². The Morgan fingerprint density at radius 1 is 1.19 bits per heavy atom. The molecule has 21 heavy (non-hydrogen) atoms. The Morgan fingerprint density at radius 2 is 1.76 bits per heavy atom. The third-order valence-electron chi connectivity index (χ3n) is 3.29. The molecule has 0 aliphatic heterocycles. The first-order valence-electron chi connectivity index (χ1n) is 7.17. The number of amides is 1. The van der Waals surface area contributed by atoms with Crippen LogP contribution < -0.4 is 11.1 Å². The number of anilines is 1. The third-order valence-corrected chi connectivity index (χ3v) is 3.29. The van der Waals surface area contributed by atoms with E-state index in [1.807, 2.05) is 32.9 Å². The lowest BCUT2D eigenvalue weighted by Crippen LogP contribution is -2.36. The van der Waals surface area contributed by atoms with E-state index >= 15 is 0 Å². The lowest BCUT2D eigenvalue weighted by atomic mass is 9.97. The van der Waals surface area contributed by atoms with Crippen molar-refractivity contribution in [3.63, 3.8) is 0 Å². The molecule has 1 aromatic carbocycles. The number of carboxylic acids is 1. The van der Waals surface area contributed by atoms with Crippen LogP contribution in [0.15, 0.2) is 24.3 Å². The molecule has 0 saturated heterocycles. The lowest BCUT2D eigenvalue weighted by Gasteiger charge is -2.15. The average molecular weight is 292 g/mol. The monoisotopic (exact) mass is 292 g/mol. The summed E-state index contributed by atoms with van der Waals surface area (Å²) in [6.45, 7) is 5.90. The van der Waals surface area contributed by atoms with E-state index in [4.69, 9.17) is 10.8 Å². The van der Waals surface area contributed by atoms with Crippen LogP contribution in [0.1, 0.15) is 45.1 Å². The van der Waals surface area contributed by atoms with E-state index < -0.39 is 12.0 Å². The zero-order valence-corrected chi connectivity index (χ0v) is 12.8. The molecule has 5 heteroatoms. The van der Waals surface area contributed by atoms with Gasteiger partial charge in [-0.25, -0.2) is 0 Å². The minimum absolute atomic E-state index is 0.0598. The van der Waals surface area contributed by atoms with Crippen LogP contribution in [0.2, 0.25) is 0 Å². The summed E-state index contributed by atoms with van der Waals surface area (Å²) in [6.07, 6.45) is 0.727. The van der Waals surface area contributed by atoms with E-state index in [9.17, 15) is 9.59 Å². The summed E-state index contributed by atoms with van der Waals surface area (Å²) in [4.78, 5) is 22.6. The second-order valence-corrected chi connectivity index (χ2v) is 5.85. The highest BCUT2D eigenvalue weighted by Crippen LogP contribution is 2.21. The predicted molar refractivity (Wildman–Crippen MR) is 83.2 cm³/mol. The number of aliphatic carboxylic acids is 1. The van der Waals surface area contributed by atoms with Gasteiger partial charge in [0.25, 0.3) is 0 Å². The number of carbonyl (C=O) groups excluding carboxylic acids is 1. The van der Waals surface area contributed by atoms with Gasteiger partial charge < -0.3 is 16.2 Å². The van der Waals surface area contributed by atoms with Crippen LogP contribution in [0.25, 0.3) is 0 Å². The van der Waals surface area contributed by atoms with E-state index in [0.29, 0.717) is 18.0 Å². The Kier molecular flexibility index (Phi) is 6.37. The fraction of sp³-hybridized carbons (Fsp3) is 0.500. The molecule has 0 aromatic heterocycles. The van der Waals surface area contributed by atoms with Crippen molar-refractivity contribution in [2.45, 2.75) is 45.6 Å². The highest BCUT2D eigenvalue weighted by Gasteiger charge is 2.15. The second-order valence-electron chi connectivity index (χ2n) is 5.85. The maximum Gasteiger partial charge on any atom is 0.303 e. The van der Waals surface area contributed by atoms with Gasteiger partial charge in [0.1, 0.15) is 0 Å². The van der Waals surface area contributed by atoms with Gasteiger partial charge in [0.05, 0.1) is 12.5 Å². The van der Waals surface area contributed by atoms with Crippen LogP contribution in [0.5, 0.6) is 0 Å². The molecule has 0 spiro atoms. The highest BCUT2D eigenvalue weighted by atomic mass is 16.4. The number of benzene rings is 1. The van der Waals surface area contributed by atoms with Crippen molar-refractivity contribution in [3.8, 4) is 0 Å². The van der Waals surface area contributed by atoms with Gasteiger partial charge in [-0.2, -0.15) is 0 Å². The van der Waals surface area contributed by atoms with Gasteiger partial charge in [-0.15, -0.1) is 0 Å². The Hall–Kier alpha value is -1.88. The van der Waals surface area contributed by atoms with Crippen molar-refractivity contribution < 1.29 is 14.7 Å². The Morgan fingerprint density at radius 3 is 2.24 bits per heavy atom. The molecule has 1 amide bonds. The predicted octanol–water partition coefficient (Wildman–Crippen LogP) is 2.58. The normalized spacial score (nSPS) is 13.8. The van der Waals surface area contributed by atoms with Gasteiger partial charge in [-0.3, -0.25) is 9.59 Å². The Labute approximate surface area is 125 Å². The van der Waals surface area contributed by atoms with Crippen molar-refractivity contribution in [2.24, 2.45) is 11.7 Å². The SMILES string of the molecule is CC(C)CC(N)C(=O)Nc1ccc(C(C)CC(=O)O)cc1. The van der Waals surface area contributed by atoms with E-state index in [1.54, 1.807) is 12.1 Å². The first-order chi connectivity index (χ1) is 9.79. The molecule has 116 valence electrons. The van der Waals surface area contributed by atoms with Crippen molar-refractivity contribution in [3.05, 3.63) is 29.8 Å². The number of nitrogens with one attached hydrogen (secondary N) is 1. The van der Waals surface area contributed by atoms with Gasteiger partial charge in [-0.05, 0) is 36.0 Å².